The lowest BCUT2D eigenvalue weighted by Crippen LogP contribution is -2.24. The van der Waals surface area contributed by atoms with Gasteiger partial charge in [-0.2, -0.15) is 0 Å². The van der Waals surface area contributed by atoms with E-state index in [0.717, 1.165) is 16.3 Å². The highest BCUT2D eigenvalue weighted by Crippen LogP contribution is 2.12. The van der Waals surface area contributed by atoms with Gasteiger partial charge in [-0.1, -0.05) is 6.07 Å². The normalized spacial score (nSPS) is 10.3. The number of amides is 1. The van der Waals surface area contributed by atoms with Crippen LogP contribution in [0.2, 0.25) is 0 Å². The number of hydrogen-bond donors (Lipinski definition) is 1. The third kappa shape index (κ3) is 4.18. The molecule has 0 fully saturated rings. The summed E-state index contributed by atoms with van der Waals surface area (Å²) in [5, 5.41) is 5.46. The number of alkyl halides is 1. The van der Waals surface area contributed by atoms with Crippen molar-refractivity contribution in [3.05, 3.63) is 40.0 Å². The van der Waals surface area contributed by atoms with Crippen LogP contribution in [0.15, 0.2) is 23.7 Å². The van der Waals surface area contributed by atoms with E-state index in [4.69, 9.17) is 16.3 Å². The Hall–Kier alpha value is -1.66. The number of thiazole rings is 1. The number of carbonyl (C=O) groups is 1. The zero-order valence-electron chi connectivity index (χ0n) is 10.9. The van der Waals surface area contributed by atoms with Gasteiger partial charge < -0.3 is 10.1 Å². The second kappa shape index (κ2) is 7.21. The van der Waals surface area contributed by atoms with E-state index in [2.05, 4.69) is 15.3 Å². The lowest BCUT2D eigenvalue weighted by Gasteiger charge is -2.04. The highest BCUT2D eigenvalue weighted by molar-refractivity contribution is 7.09. The molecule has 0 bridgehead atoms. The number of nitrogens with one attached hydrogen (secondary N) is 1. The van der Waals surface area contributed by atoms with Gasteiger partial charge in [-0.3, -0.25) is 4.79 Å². The van der Waals surface area contributed by atoms with Gasteiger partial charge in [-0.25, -0.2) is 9.97 Å². The largest absolute Gasteiger partial charge is 0.481 e. The molecule has 0 aromatic carbocycles. The first-order valence-electron chi connectivity index (χ1n) is 5.96. The van der Waals surface area contributed by atoms with Crippen LogP contribution in [0.4, 0.5) is 0 Å². The summed E-state index contributed by atoms with van der Waals surface area (Å²) >= 11 is 7.11. The van der Waals surface area contributed by atoms with Crippen LogP contribution in [0.1, 0.15) is 16.3 Å². The number of methoxy groups -OCH3 is 1. The van der Waals surface area contributed by atoms with Gasteiger partial charge in [0.15, 0.2) is 0 Å². The minimum atomic E-state index is -0.0729. The van der Waals surface area contributed by atoms with E-state index in [9.17, 15) is 4.79 Å². The first kappa shape index (κ1) is 14.7. The number of carbonyl (C=O) groups excluding carboxylic acids is 1. The van der Waals surface area contributed by atoms with Gasteiger partial charge in [0.1, 0.15) is 5.01 Å². The van der Waals surface area contributed by atoms with Crippen molar-refractivity contribution in [1.29, 1.82) is 0 Å². The average molecular weight is 312 g/mol. The van der Waals surface area contributed by atoms with E-state index >= 15 is 0 Å². The van der Waals surface area contributed by atoms with Crippen LogP contribution >= 0.6 is 22.9 Å². The summed E-state index contributed by atoms with van der Waals surface area (Å²) in [7, 11) is 1.56. The van der Waals surface area contributed by atoms with Crippen molar-refractivity contribution in [3.63, 3.8) is 0 Å². The van der Waals surface area contributed by atoms with Gasteiger partial charge in [-0.05, 0) is 5.56 Å². The van der Waals surface area contributed by atoms with Gasteiger partial charge in [0, 0.05) is 24.2 Å². The van der Waals surface area contributed by atoms with Crippen molar-refractivity contribution in [1.82, 2.24) is 15.3 Å². The van der Waals surface area contributed by atoms with Crippen molar-refractivity contribution in [3.8, 4) is 5.88 Å². The van der Waals surface area contributed by atoms with Crippen LogP contribution in [-0.4, -0.2) is 23.0 Å². The van der Waals surface area contributed by atoms with Gasteiger partial charge in [0.05, 0.1) is 25.1 Å². The number of nitrogens with zero attached hydrogens (tertiary/aromatic N) is 2. The molecule has 7 heteroatoms. The Morgan fingerprint density at radius 2 is 2.35 bits per heavy atom. The van der Waals surface area contributed by atoms with Gasteiger partial charge in [0.25, 0.3) is 0 Å². The van der Waals surface area contributed by atoms with Crippen molar-refractivity contribution < 1.29 is 9.53 Å². The third-order valence-corrected chi connectivity index (χ3v) is 3.72. The molecule has 2 aromatic heterocycles. The van der Waals surface area contributed by atoms with Crippen molar-refractivity contribution >= 4 is 28.8 Å². The summed E-state index contributed by atoms with van der Waals surface area (Å²) < 4.78 is 4.97. The standard InChI is InChI=1S/C13H14ClN3O2S/c1-19-12-3-2-9(7-16-12)6-15-11(18)4-13-17-10(5-14)8-20-13/h2-3,7-8H,4-6H2,1H3,(H,15,18). The molecule has 1 N–H and O–H groups in total. The Balaban J connectivity index is 1.82. The van der Waals surface area contributed by atoms with Gasteiger partial charge in [-0.15, -0.1) is 22.9 Å². The Bertz CT molecular complexity index is 571. The van der Waals surface area contributed by atoms with E-state index in [1.54, 1.807) is 19.4 Å². The first-order chi connectivity index (χ1) is 9.71. The molecule has 0 radical (unpaired) electrons. The minimum Gasteiger partial charge on any atom is -0.481 e. The van der Waals surface area contributed by atoms with Gasteiger partial charge >= 0.3 is 0 Å². The van der Waals surface area contributed by atoms with Crippen LogP contribution in [-0.2, 0) is 23.6 Å². The summed E-state index contributed by atoms with van der Waals surface area (Å²) in [6, 6.07) is 3.62. The lowest BCUT2D eigenvalue weighted by atomic mass is 10.3. The summed E-state index contributed by atoms with van der Waals surface area (Å²) in [5.74, 6) is 0.850. The molecule has 0 saturated carbocycles. The topological polar surface area (TPSA) is 64.1 Å². The molecule has 20 heavy (non-hydrogen) atoms. The molecule has 2 aromatic rings. The second-order valence-corrected chi connectivity index (χ2v) is 5.24. The molecule has 2 heterocycles. The molecule has 0 unspecified atom stereocenters. The average Bonchev–Trinajstić information content (AvgIpc) is 2.93. The van der Waals surface area contributed by atoms with E-state index in [0.29, 0.717) is 18.3 Å². The zero-order valence-corrected chi connectivity index (χ0v) is 12.5. The van der Waals surface area contributed by atoms with Crippen LogP contribution in [0, 0.1) is 0 Å². The maximum atomic E-state index is 11.8. The molecule has 0 aliphatic rings. The van der Waals surface area contributed by atoms with E-state index < -0.39 is 0 Å². The molecule has 1 amide bonds. The van der Waals surface area contributed by atoms with Crippen LogP contribution < -0.4 is 10.1 Å². The summed E-state index contributed by atoms with van der Waals surface area (Å²) in [6.45, 7) is 0.434. The maximum absolute atomic E-state index is 11.8. The Morgan fingerprint density at radius 3 is 2.95 bits per heavy atom. The number of aromatic nitrogens is 2. The molecule has 106 valence electrons. The SMILES string of the molecule is COc1ccc(CNC(=O)Cc2nc(CCl)cs2)cn1. The molecule has 2 rings (SSSR count). The highest BCUT2D eigenvalue weighted by atomic mass is 35.5. The van der Waals surface area contributed by atoms with Crippen molar-refractivity contribution in [2.45, 2.75) is 18.8 Å². The Labute approximate surface area is 126 Å². The fourth-order valence-electron chi connectivity index (χ4n) is 1.53. The number of rotatable bonds is 6. The predicted octanol–water partition coefficient (Wildman–Crippen LogP) is 2.14. The van der Waals surface area contributed by atoms with E-state index in [1.807, 2.05) is 11.4 Å². The fraction of sp³-hybridized carbons (Fsp3) is 0.308. The molecule has 0 atom stereocenters. The molecule has 0 aliphatic heterocycles. The molecule has 5 nitrogen and oxygen atoms in total. The smallest absolute Gasteiger partial charge is 0.227 e. The molecule has 0 aliphatic carbocycles. The van der Waals surface area contributed by atoms with Crippen molar-refractivity contribution in [2.75, 3.05) is 7.11 Å². The molecule has 0 spiro atoms. The van der Waals surface area contributed by atoms with Crippen LogP contribution in [0.3, 0.4) is 0 Å². The maximum Gasteiger partial charge on any atom is 0.227 e. The zero-order chi connectivity index (χ0) is 14.4. The molecule has 0 saturated heterocycles. The monoisotopic (exact) mass is 311 g/mol. The van der Waals surface area contributed by atoms with Crippen LogP contribution in [0.5, 0.6) is 5.88 Å². The Kier molecular flexibility index (Phi) is 5.31. The summed E-state index contributed by atoms with van der Waals surface area (Å²) in [6.07, 6.45) is 1.94. The number of hydrogen-bond acceptors (Lipinski definition) is 5. The first-order valence-corrected chi connectivity index (χ1v) is 7.37. The number of halogens is 1. The van der Waals surface area contributed by atoms with Crippen molar-refractivity contribution in [2.24, 2.45) is 0 Å². The lowest BCUT2D eigenvalue weighted by molar-refractivity contribution is -0.120. The quantitative estimate of drug-likeness (QED) is 0.830. The second-order valence-electron chi connectivity index (χ2n) is 4.03. The van der Waals surface area contributed by atoms with Crippen LogP contribution in [0.25, 0.3) is 0 Å². The fourth-order valence-corrected chi connectivity index (χ4v) is 2.55. The third-order valence-electron chi connectivity index (χ3n) is 2.54. The Morgan fingerprint density at radius 1 is 1.50 bits per heavy atom. The minimum absolute atomic E-state index is 0.0729. The molecular weight excluding hydrogens is 298 g/mol. The number of ether oxygens (including phenoxy) is 1. The van der Waals surface area contributed by atoms with E-state index in [1.165, 1.54) is 11.3 Å². The predicted molar refractivity (Wildman–Crippen MR) is 78.0 cm³/mol. The number of pyridine rings is 1. The van der Waals surface area contributed by atoms with Gasteiger partial charge in [0.2, 0.25) is 11.8 Å². The highest BCUT2D eigenvalue weighted by Gasteiger charge is 2.07. The summed E-state index contributed by atoms with van der Waals surface area (Å²) in [4.78, 5) is 20.1. The van der Waals surface area contributed by atoms with E-state index in [-0.39, 0.29) is 12.3 Å². The summed E-state index contributed by atoms with van der Waals surface area (Å²) in [5.41, 5.74) is 1.72. The molecular formula is C13H14ClN3O2S.